The van der Waals surface area contributed by atoms with E-state index >= 15 is 0 Å². The van der Waals surface area contributed by atoms with Gasteiger partial charge in [0.1, 0.15) is 19.0 Å². The molecule has 0 unspecified atom stereocenters. The van der Waals surface area contributed by atoms with Crippen LogP contribution in [0.3, 0.4) is 0 Å². The van der Waals surface area contributed by atoms with E-state index in [0.29, 0.717) is 31.9 Å². The zero-order valence-electron chi connectivity index (χ0n) is 13.1. The van der Waals surface area contributed by atoms with Crippen LogP contribution in [-0.4, -0.2) is 28.5 Å². The standard InChI is InChI=1S/C18H17N3O3/c22-18(10-13-4-5-15-16(9-13)24-8-7-23-15)20-12-17-19-11-14-3-1-2-6-21(14)17/h1-6,9,11H,7-8,10,12H2,(H,20,22). The van der Waals surface area contributed by atoms with E-state index in [4.69, 9.17) is 9.47 Å². The molecule has 0 spiro atoms. The fourth-order valence-electron chi connectivity index (χ4n) is 2.75. The molecule has 0 radical (unpaired) electrons. The lowest BCUT2D eigenvalue weighted by atomic mass is 10.1. The van der Waals surface area contributed by atoms with Gasteiger partial charge in [-0.05, 0) is 29.8 Å². The van der Waals surface area contributed by atoms with E-state index in [1.165, 1.54) is 0 Å². The van der Waals surface area contributed by atoms with E-state index < -0.39 is 0 Å². The molecule has 0 fully saturated rings. The molecule has 6 heteroatoms. The number of imidazole rings is 1. The summed E-state index contributed by atoms with van der Waals surface area (Å²) in [5.74, 6) is 2.18. The zero-order valence-corrected chi connectivity index (χ0v) is 13.1. The molecule has 3 heterocycles. The van der Waals surface area contributed by atoms with Crippen molar-refractivity contribution in [3.05, 3.63) is 60.2 Å². The molecule has 122 valence electrons. The number of aromatic nitrogens is 2. The average molecular weight is 323 g/mol. The second-order valence-corrected chi connectivity index (χ2v) is 5.60. The Kier molecular flexibility index (Phi) is 3.78. The summed E-state index contributed by atoms with van der Waals surface area (Å²) in [4.78, 5) is 16.5. The highest BCUT2D eigenvalue weighted by molar-refractivity contribution is 5.78. The van der Waals surface area contributed by atoms with Crippen molar-refractivity contribution in [3.8, 4) is 11.5 Å². The van der Waals surface area contributed by atoms with Crippen LogP contribution in [0.25, 0.3) is 5.52 Å². The van der Waals surface area contributed by atoms with Gasteiger partial charge in [-0.15, -0.1) is 0 Å². The highest BCUT2D eigenvalue weighted by atomic mass is 16.6. The van der Waals surface area contributed by atoms with Crippen LogP contribution in [-0.2, 0) is 17.8 Å². The maximum Gasteiger partial charge on any atom is 0.224 e. The van der Waals surface area contributed by atoms with Gasteiger partial charge in [-0.3, -0.25) is 4.79 Å². The molecule has 24 heavy (non-hydrogen) atoms. The lowest BCUT2D eigenvalue weighted by Crippen LogP contribution is -2.25. The van der Waals surface area contributed by atoms with E-state index in [2.05, 4.69) is 10.3 Å². The molecule has 1 aliphatic heterocycles. The Hall–Kier alpha value is -3.02. The first-order valence-corrected chi connectivity index (χ1v) is 7.86. The van der Waals surface area contributed by atoms with Gasteiger partial charge in [0.25, 0.3) is 0 Å². The minimum Gasteiger partial charge on any atom is -0.486 e. The second kappa shape index (κ2) is 6.23. The zero-order chi connectivity index (χ0) is 16.4. The maximum absolute atomic E-state index is 12.2. The SMILES string of the molecule is O=C(Cc1ccc2c(c1)OCCO2)NCc1ncc2ccccn12. The van der Waals surface area contributed by atoms with Crippen molar-refractivity contribution >= 4 is 11.4 Å². The average Bonchev–Trinajstić information content (AvgIpc) is 3.03. The molecule has 0 atom stereocenters. The van der Waals surface area contributed by atoms with Crippen LogP contribution in [0.2, 0.25) is 0 Å². The molecule has 0 saturated carbocycles. The Morgan fingerprint density at radius 1 is 1.17 bits per heavy atom. The highest BCUT2D eigenvalue weighted by Crippen LogP contribution is 2.30. The van der Waals surface area contributed by atoms with Gasteiger partial charge in [-0.25, -0.2) is 4.98 Å². The van der Waals surface area contributed by atoms with Gasteiger partial charge in [0.05, 0.1) is 24.7 Å². The number of carbonyl (C=O) groups excluding carboxylic acids is 1. The highest BCUT2D eigenvalue weighted by Gasteiger charge is 2.13. The number of ether oxygens (including phenoxy) is 2. The number of rotatable bonds is 4. The van der Waals surface area contributed by atoms with Crippen molar-refractivity contribution in [2.45, 2.75) is 13.0 Å². The van der Waals surface area contributed by atoms with Gasteiger partial charge in [0.15, 0.2) is 11.5 Å². The fourth-order valence-corrected chi connectivity index (χ4v) is 2.75. The molecule has 3 aromatic rings. The lowest BCUT2D eigenvalue weighted by molar-refractivity contribution is -0.120. The van der Waals surface area contributed by atoms with E-state index in [1.54, 1.807) is 6.20 Å². The lowest BCUT2D eigenvalue weighted by Gasteiger charge is -2.18. The van der Waals surface area contributed by atoms with Crippen molar-refractivity contribution in [1.82, 2.24) is 14.7 Å². The Balaban J connectivity index is 1.40. The predicted octanol–water partition coefficient (Wildman–Crippen LogP) is 1.96. The van der Waals surface area contributed by atoms with E-state index in [0.717, 1.165) is 22.7 Å². The molecule has 1 aromatic carbocycles. The van der Waals surface area contributed by atoms with Gasteiger partial charge in [-0.2, -0.15) is 0 Å². The smallest absolute Gasteiger partial charge is 0.224 e. The van der Waals surface area contributed by atoms with Crippen molar-refractivity contribution in [1.29, 1.82) is 0 Å². The molecule has 0 aliphatic carbocycles. The monoisotopic (exact) mass is 323 g/mol. The molecular formula is C18H17N3O3. The van der Waals surface area contributed by atoms with Crippen LogP contribution in [0.5, 0.6) is 11.5 Å². The summed E-state index contributed by atoms with van der Waals surface area (Å²) >= 11 is 0. The molecule has 0 saturated heterocycles. The summed E-state index contributed by atoms with van der Waals surface area (Å²) < 4.78 is 13.0. The van der Waals surface area contributed by atoms with Crippen LogP contribution in [0.1, 0.15) is 11.4 Å². The Morgan fingerprint density at radius 3 is 2.96 bits per heavy atom. The topological polar surface area (TPSA) is 64.9 Å². The Bertz CT molecular complexity index is 888. The molecule has 0 bridgehead atoms. The summed E-state index contributed by atoms with van der Waals surface area (Å²) in [6.45, 7) is 1.49. The fraction of sp³-hybridized carbons (Fsp3) is 0.222. The molecule has 1 amide bonds. The van der Waals surface area contributed by atoms with E-state index in [1.807, 2.05) is 47.0 Å². The molecule has 4 rings (SSSR count). The van der Waals surface area contributed by atoms with Crippen LogP contribution >= 0.6 is 0 Å². The first kappa shape index (κ1) is 14.6. The number of fused-ring (bicyclic) bond motifs is 2. The van der Waals surface area contributed by atoms with Gasteiger partial charge < -0.3 is 19.2 Å². The minimum atomic E-state index is -0.0561. The summed E-state index contributed by atoms with van der Waals surface area (Å²) in [6, 6.07) is 11.5. The number of amides is 1. The number of hydrogen-bond acceptors (Lipinski definition) is 4. The first-order chi connectivity index (χ1) is 11.8. The largest absolute Gasteiger partial charge is 0.486 e. The summed E-state index contributed by atoms with van der Waals surface area (Å²) in [5.41, 5.74) is 1.90. The Labute approximate surface area is 139 Å². The van der Waals surface area contributed by atoms with Crippen molar-refractivity contribution < 1.29 is 14.3 Å². The number of benzene rings is 1. The Morgan fingerprint density at radius 2 is 2.04 bits per heavy atom. The first-order valence-electron chi connectivity index (χ1n) is 7.86. The van der Waals surface area contributed by atoms with Gasteiger partial charge in [0.2, 0.25) is 5.91 Å². The van der Waals surface area contributed by atoms with E-state index in [9.17, 15) is 4.79 Å². The third kappa shape index (κ3) is 2.90. The van der Waals surface area contributed by atoms with Crippen molar-refractivity contribution in [2.75, 3.05) is 13.2 Å². The number of nitrogens with one attached hydrogen (secondary N) is 1. The van der Waals surface area contributed by atoms with Crippen molar-refractivity contribution in [2.24, 2.45) is 0 Å². The number of hydrogen-bond donors (Lipinski definition) is 1. The number of carbonyl (C=O) groups is 1. The normalized spacial score (nSPS) is 13.0. The van der Waals surface area contributed by atoms with Crippen LogP contribution in [0.4, 0.5) is 0 Å². The molecule has 6 nitrogen and oxygen atoms in total. The second-order valence-electron chi connectivity index (χ2n) is 5.60. The van der Waals surface area contributed by atoms with Gasteiger partial charge in [0, 0.05) is 6.20 Å². The molecule has 1 N–H and O–H groups in total. The van der Waals surface area contributed by atoms with Crippen LogP contribution in [0.15, 0.2) is 48.8 Å². The predicted molar refractivity (Wildman–Crippen MR) is 88.2 cm³/mol. The third-order valence-electron chi connectivity index (χ3n) is 3.93. The maximum atomic E-state index is 12.2. The summed E-state index contributed by atoms with van der Waals surface area (Å²) in [6.07, 6.45) is 4.02. The van der Waals surface area contributed by atoms with Crippen LogP contribution < -0.4 is 14.8 Å². The quantitative estimate of drug-likeness (QED) is 0.797. The molecule has 1 aliphatic rings. The number of pyridine rings is 1. The summed E-state index contributed by atoms with van der Waals surface area (Å²) in [5, 5.41) is 2.91. The van der Waals surface area contributed by atoms with Gasteiger partial charge >= 0.3 is 0 Å². The van der Waals surface area contributed by atoms with Crippen molar-refractivity contribution in [3.63, 3.8) is 0 Å². The van der Waals surface area contributed by atoms with E-state index in [-0.39, 0.29) is 5.91 Å². The molecular weight excluding hydrogens is 306 g/mol. The number of nitrogens with zero attached hydrogens (tertiary/aromatic N) is 2. The van der Waals surface area contributed by atoms with Crippen LogP contribution in [0, 0.1) is 0 Å². The third-order valence-corrected chi connectivity index (χ3v) is 3.93. The van der Waals surface area contributed by atoms with Gasteiger partial charge in [-0.1, -0.05) is 12.1 Å². The minimum absolute atomic E-state index is 0.0561. The molecule has 2 aromatic heterocycles. The summed E-state index contributed by atoms with van der Waals surface area (Å²) in [7, 11) is 0.